The maximum absolute atomic E-state index is 12.2. The molecule has 2 N–H and O–H groups in total. The highest BCUT2D eigenvalue weighted by Gasteiger charge is 2.43. The number of ether oxygens (including phenoxy) is 1. The van der Waals surface area contributed by atoms with Crippen molar-refractivity contribution in [3.05, 3.63) is 90.0 Å². The van der Waals surface area contributed by atoms with E-state index in [2.05, 4.69) is 100 Å². The number of hydrazone groups is 1. The molecule has 1 saturated heterocycles. The van der Waals surface area contributed by atoms with Gasteiger partial charge in [-0.15, -0.1) is 0 Å². The molecule has 1 unspecified atom stereocenters. The second-order valence-corrected chi connectivity index (χ2v) is 9.84. The molecule has 0 spiro atoms. The van der Waals surface area contributed by atoms with Gasteiger partial charge in [0.15, 0.2) is 5.84 Å². The van der Waals surface area contributed by atoms with Crippen molar-refractivity contribution >= 4 is 23.1 Å². The smallest absolute Gasteiger partial charge is 0.262 e. The van der Waals surface area contributed by atoms with Gasteiger partial charge in [-0.2, -0.15) is 5.10 Å². The maximum Gasteiger partial charge on any atom is 0.262 e. The fourth-order valence-corrected chi connectivity index (χ4v) is 5.45. The molecule has 6 rings (SSSR count). The van der Waals surface area contributed by atoms with Gasteiger partial charge in [-0.25, -0.2) is 5.43 Å². The normalized spacial score (nSPS) is 20.7. The number of carbonyl (C=O) groups is 1. The number of hydrogen-bond acceptors (Lipinski definition) is 6. The summed E-state index contributed by atoms with van der Waals surface area (Å²) >= 11 is 0. The largest absolute Gasteiger partial charge is 0.483 e. The number of nitrogens with zero attached hydrogens (tertiary/aromatic N) is 3. The first-order valence-electron chi connectivity index (χ1n) is 12.1. The van der Waals surface area contributed by atoms with Crippen LogP contribution in [0.25, 0.3) is 0 Å². The monoisotopic (exact) mass is 467 g/mol. The minimum Gasteiger partial charge on any atom is -0.483 e. The summed E-state index contributed by atoms with van der Waals surface area (Å²) < 4.78 is 5.89. The van der Waals surface area contributed by atoms with Gasteiger partial charge in [-0.3, -0.25) is 9.69 Å². The molecule has 0 bridgehead atoms. The number of amides is 1. The molecule has 3 aromatic carbocycles. The minimum atomic E-state index is -0.340. The molecule has 178 valence electrons. The summed E-state index contributed by atoms with van der Waals surface area (Å²) in [6.45, 7) is 6.31. The van der Waals surface area contributed by atoms with E-state index in [-0.39, 0.29) is 23.5 Å². The molecule has 0 radical (unpaired) electrons. The summed E-state index contributed by atoms with van der Waals surface area (Å²) in [5.74, 6) is 1.37. The first kappa shape index (κ1) is 21.7. The molecule has 1 fully saturated rings. The molecule has 7 heteroatoms. The third-order valence-electron chi connectivity index (χ3n) is 7.06. The number of hydrogen-bond donors (Lipinski definition) is 2. The van der Waals surface area contributed by atoms with E-state index in [0.717, 1.165) is 36.0 Å². The average molecular weight is 468 g/mol. The van der Waals surface area contributed by atoms with Gasteiger partial charge < -0.3 is 15.0 Å². The van der Waals surface area contributed by atoms with Gasteiger partial charge in [0.2, 0.25) is 0 Å². The number of fused-ring (bicyclic) bond motifs is 3. The molecule has 3 aliphatic rings. The number of amidine groups is 1. The Bertz CT molecular complexity index is 1230. The van der Waals surface area contributed by atoms with Crippen molar-refractivity contribution in [3.8, 4) is 5.75 Å². The van der Waals surface area contributed by atoms with E-state index in [1.54, 1.807) is 0 Å². The Labute approximate surface area is 205 Å². The fraction of sp³-hybridized carbons (Fsp3) is 0.286. The van der Waals surface area contributed by atoms with E-state index in [1.165, 1.54) is 11.1 Å². The van der Waals surface area contributed by atoms with E-state index in [0.29, 0.717) is 6.61 Å². The van der Waals surface area contributed by atoms with Crippen LogP contribution in [0.4, 0.5) is 11.4 Å². The van der Waals surface area contributed by atoms with Gasteiger partial charge in [0.1, 0.15) is 18.4 Å². The highest BCUT2D eigenvalue weighted by Crippen LogP contribution is 2.40. The van der Waals surface area contributed by atoms with Crippen LogP contribution in [0, 0.1) is 0 Å². The third-order valence-corrected chi connectivity index (χ3v) is 7.06. The van der Waals surface area contributed by atoms with Gasteiger partial charge in [-0.1, -0.05) is 60.7 Å². The fourth-order valence-electron chi connectivity index (χ4n) is 5.45. The van der Waals surface area contributed by atoms with Crippen molar-refractivity contribution in [2.45, 2.75) is 31.5 Å². The van der Waals surface area contributed by atoms with E-state index in [9.17, 15) is 4.79 Å². The number of rotatable bonds is 5. The lowest BCUT2D eigenvalue weighted by Gasteiger charge is -2.52. The number of nitrogens with one attached hydrogen (secondary N) is 2. The van der Waals surface area contributed by atoms with Crippen LogP contribution < -0.4 is 20.4 Å². The molecule has 3 heterocycles. The molecule has 0 aromatic heterocycles. The van der Waals surface area contributed by atoms with Crippen LogP contribution in [-0.2, 0) is 4.79 Å². The number of likely N-dealkylation sites (tertiary alicyclic amines) is 1. The van der Waals surface area contributed by atoms with E-state index >= 15 is 0 Å². The Morgan fingerprint density at radius 1 is 1.03 bits per heavy atom. The summed E-state index contributed by atoms with van der Waals surface area (Å²) in [5.41, 5.74) is 6.98. The van der Waals surface area contributed by atoms with Crippen molar-refractivity contribution in [2.24, 2.45) is 5.10 Å². The SMILES string of the molecule is CC1C(=O)NN=C2COc3ccc(NC4(C)CN(C(c5ccccc5)c5ccccc5)C4)cc3N21. The molecule has 35 heavy (non-hydrogen) atoms. The number of anilines is 2. The topological polar surface area (TPSA) is 69.2 Å². The summed E-state index contributed by atoms with van der Waals surface area (Å²) in [6, 6.07) is 27.4. The molecule has 0 aliphatic carbocycles. The zero-order valence-electron chi connectivity index (χ0n) is 19.9. The Hall–Kier alpha value is -3.84. The lowest BCUT2D eigenvalue weighted by Crippen LogP contribution is -2.64. The molecule has 0 saturated carbocycles. The quantitative estimate of drug-likeness (QED) is 0.594. The first-order chi connectivity index (χ1) is 17.0. The van der Waals surface area contributed by atoms with Crippen LogP contribution in [0.15, 0.2) is 84.0 Å². The molecular weight excluding hydrogens is 438 g/mol. The predicted molar refractivity (Wildman–Crippen MR) is 138 cm³/mol. The molecular formula is C28H29N5O2. The standard InChI is InChI=1S/C28H29N5O2/c1-19-27(34)31-30-25-16-35-24-14-13-22(15-23(24)33(19)25)29-28(2)17-32(18-28)26(20-9-5-3-6-10-20)21-11-7-4-8-12-21/h3-15,19,26,29H,16-18H2,1-2H3,(H,31,34). The number of benzene rings is 3. The molecule has 3 aliphatic heterocycles. The van der Waals surface area contributed by atoms with Gasteiger partial charge in [-0.05, 0) is 43.2 Å². The van der Waals surface area contributed by atoms with E-state index in [1.807, 2.05) is 17.9 Å². The summed E-state index contributed by atoms with van der Waals surface area (Å²) in [5, 5.41) is 7.94. The van der Waals surface area contributed by atoms with Crippen LogP contribution in [0.5, 0.6) is 5.75 Å². The van der Waals surface area contributed by atoms with Crippen LogP contribution in [0.2, 0.25) is 0 Å². The zero-order valence-corrected chi connectivity index (χ0v) is 19.9. The van der Waals surface area contributed by atoms with Gasteiger partial charge in [0.25, 0.3) is 5.91 Å². The second kappa shape index (κ2) is 8.43. The molecule has 1 atom stereocenters. The Kier molecular flexibility index (Phi) is 5.22. The lowest BCUT2D eigenvalue weighted by molar-refractivity contribution is -0.122. The van der Waals surface area contributed by atoms with Crippen LogP contribution >= 0.6 is 0 Å². The zero-order chi connectivity index (χ0) is 24.0. The average Bonchev–Trinajstić information content (AvgIpc) is 2.86. The van der Waals surface area contributed by atoms with Crippen molar-refractivity contribution in [1.82, 2.24) is 10.3 Å². The Morgan fingerprint density at radius 2 is 1.69 bits per heavy atom. The predicted octanol–water partition coefficient (Wildman–Crippen LogP) is 3.99. The lowest BCUT2D eigenvalue weighted by atomic mass is 9.86. The molecule has 7 nitrogen and oxygen atoms in total. The Morgan fingerprint density at radius 3 is 2.34 bits per heavy atom. The summed E-state index contributed by atoms with van der Waals surface area (Å²) in [7, 11) is 0. The summed E-state index contributed by atoms with van der Waals surface area (Å²) in [6.07, 6.45) is 0. The molecule has 1 amide bonds. The third kappa shape index (κ3) is 3.91. The Balaban J connectivity index is 1.23. The van der Waals surface area contributed by atoms with Gasteiger partial charge in [0.05, 0.1) is 17.3 Å². The highest BCUT2D eigenvalue weighted by molar-refractivity contribution is 6.09. The van der Waals surface area contributed by atoms with Crippen molar-refractivity contribution in [3.63, 3.8) is 0 Å². The molecule has 3 aromatic rings. The number of carbonyl (C=O) groups excluding carboxylic acids is 1. The van der Waals surface area contributed by atoms with Crippen LogP contribution in [-0.4, -0.2) is 47.9 Å². The van der Waals surface area contributed by atoms with Crippen LogP contribution in [0.1, 0.15) is 31.0 Å². The van der Waals surface area contributed by atoms with E-state index in [4.69, 9.17) is 4.74 Å². The highest BCUT2D eigenvalue weighted by atomic mass is 16.5. The minimum absolute atomic E-state index is 0.0760. The van der Waals surface area contributed by atoms with Crippen molar-refractivity contribution in [1.29, 1.82) is 0 Å². The van der Waals surface area contributed by atoms with Crippen molar-refractivity contribution in [2.75, 3.05) is 29.9 Å². The van der Waals surface area contributed by atoms with Crippen molar-refractivity contribution < 1.29 is 9.53 Å². The van der Waals surface area contributed by atoms with E-state index < -0.39 is 0 Å². The summed E-state index contributed by atoms with van der Waals surface area (Å²) in [4.78, 5) is 16.7. The van der Waals surface area contributed by atoms with Gasteiger partial charge in [0, 0.05) is 18.8 Å². The first-order valence-corrected chi connectivity index (χ1v) is 12.1. The maximum atomic E-state index is 12.2. The van der Waals surface area contributed by atoms with Crippen LogP contribution in [0.3, 0.4) is 0 Å². The van der Waals surface area contributed by atoms with Gasteiger partial charge >= 0.3 is 0 Å². The second-order valence-electron chi connectivity index (χ2n) is 9.84.